The Kier molecular flexibility index (Phi) is 9.06. The summed E-state index contributed by atoms with van der Waals surface area (Å²) in [5.41, 5.74) is 4.25. The standard InChI is InChI=1S/C25H35N3O2/c1-19-8-5-6-10-22(19)18-21-14-12-20(13-15-21)9-7-11-23(29)28-25(2,3)24(30)27-17-16-26-4/h5-6,8,10,12-15,26H,7,9,11,16-18H2,1-4H3,(H,27,30)(H,28,29). The molecule has 0 aliphatic carbocycles. The Bertz CT molecular complexity index is 829. The van der Waals surface area contributed by atoms with E-state index in [1.54, 1.807) is 13.8 Å². The lowest BCUT2D eigenvalue weighted by atomic mass is 9.98. The van der Waals surface area contributed by atoms with Crippen LogP contribution >= 0.6 is 0 Å². The van der Waals surface area contributed by atoms with Crippen LogP contribution in [-0.4, -0.2) is 37.5 Å². The van der Waals surface area contributed by atoms with E-state index in [9.17, 15) is 9.59 Å². The third-order valence-corrected chi connectivity index (χ3v) is 5.23. The van der Waals surface area contributed by atoms with Gasteiger partial charge in [-0.1, -0.05) is 48.5 Å². The van der Waals surface area contributed by atoms with Crippen molar-refractivity contribution >= 4 is 11.8 Å². The van der Waals surface area contributed by atoms with Crippen LogP contribution in [0.1, 0.15) is 48.9 Å². The Morgan fingerprint density at radius 2 is 1.60 bits per heavy atom. The maximum atomic E-state index is 12.3. The van der Waals surface area contributed by atoms with E-state index in [4.69, 9.17) is 0 Å². The van der Waals surface area contributed by atoms with Crippen LogP contribution in [0.2, 0.25) is 0 Å². The lowest BCUT2D eigenvalue weighted by molar-refractivity contribution is -0.132. The number of likely N-dealkylation sites (N-methyl/N-ethyl adjacent to an activating group) is 1. The van der Waals surface area contributed by atoms with E-state index in [-0.39, 0.29) is 11.8 Å². The van der Waals surface area contributed by atoms with Gasteiger partial charge in [-0.15, -0.1) is 0 Å². The number of hydrogen-bond donors (Lipinski definition) is 3. The van der Waals surface area contributed by atoms with Crippen LogP contribution in [0.15, 0.2) is 48.5 Å². The Morgan fingerprint density at radius 3 is 2.27 bits per heavy atom. The van der Waals surface area contributed by atoms with Gasteiger partial charge in [0.1, 0.15) is 5.54 Å². The summed E-state index contributed by atoms with van der Waals surface area (Å²) in [4.78, 5) is 24.5. The van der Waals surface area contributed by atoms with Crippen molar-refractivity contribution < 1.29 is 9.59 Å². The maximum Gasteiger partial charge on any atom is 0.245 e. The molecule has 0 bridgehead atoms. The van der Waals surface area contributed by atoms with Crippen molar-refractivity contribution in [3.8, 4) is 0 Å². The average molecular weight is 410 g/mol. The van der Waals surface area contributed by atoms with E-state index < -0.39 is 5.54 Å². The molecule has 5 heteroatoms. The highest BCUT2D eigenvalue weighted by atomic mass is 16.2. The first-order chi connectivity index (χ1) is 14.3. The van der Waals surface area contributed by atoms with Crippen molar-refractivity contribution in [1.29, 1.82) is 0 Å². The molecule has 0 saturated carbocycles. The zero-order valence-electron chi connectivity index (χ0n) is 18.7. The fourth-order valence-electron chi connectivity index (χ4n) is 3.30. The fraction of sp³-hybridized carbons (Fsp3) is 0.440. The molecular formula is C25H35N3O2. The van der Waals surface area contributed by atoms with Crippen molar-refractivity contribution in [3.63, 3.8) is 0 Å². The zero-order valence-corrected chi connectivity index (χ0v) is 18.7. The van der Waals surface area contributed by atoms with Gasteiger partial charge in [0.05, 0.1) is 0 Å². The first-order valence-electron chi connectivity index (χ1n) is 10.7. The van der Waals surface area contributed by atoms with Crippen molar-refractivity contribution in [1.82, 2.24) is 16.0 Å². The number of carbonyl (C=O) groups excluding carboxylic acids is 2. The Morgan fingerprint density at radius 1 is 0.933 bits per heavy atom. The molecule has 0 spiro atoms. The van der Waals surface area contributed by atoms with Gasteiger partial charge < -0.3 is 16.0 Å². The fourth-order valence-corrected chi connectivity index (χ4v) is 3.30. The predicted molar refractivity (Wildman–Crippen MR) is 123 cm³/mol. The van der Waals surface area contributed by atoms with Gasteiger partial charge in [0.2, 0.25) is 11.8 Å². The summed E-state index contributed by atoms with van der Waals surface area (Å²) in [6.07, 6.45) is 2.92. The van der Waals surface area contributed by atoms with Gasteiger partial charge in [0.25, 0.3) is 0 Å². The molecule has 0 atom stereocenters. The molecule has 0 aliphatic rings. The number of benzene rings is 2. The molecule has 0 unspecified atom stereocenters. The minimum Gasteiger partial charge on any atom is -0.353 e. The smallest absolute Gasteiger partial charge is 0.245 e. The second-order valence-electron chi connectivity index (χ2n) is 8.31. The molecule has 0 radical (unpaired) electrons. The average Bonchev–Trinajstić information content (AvgIpc) is 2.70. The summed E-state index contributed by atoms with van der Waals surface area (Å²) in [7, 11) is 1.83. The van der Waals surface area contributed by atoms with E-state index in [1.807, 2.05) is 7.05 Å². The Hall–Kier alpha value is -2.66. The van der Waals surface area contributed by atoms with Gasteiger partial charge in [0, 0.05) is 19.5 Å². The van der Waals surface area contributed by atoms with E-state index in [0.29, 0.717) is 19.5 Å². The van der Waals surface area contributed by atoms with Gasteiger partial charge in [-0.05, 0) is 69.3 Å². The Labute approximate surface area is 180 Å². The van der Waals surface area contributed by atoms with Gasteiger partial charge in [-0.25, -0.2) is 0 Å². The van der Waals surface area contributed by atoms with Gasteiger partial charge in [-0.2, -0.15) is 0 Å². The van der Waals surface area contributed by atoms with Gasteiger partial charge in [0.15, 0.2) is 0 Å². The van der Waals surface area contributed by atoms with E-state index >= 15 is 0 Å². The summed E-state index contributed by atoms with van der Waals surface area (Å²) in [5, 5.41) is 8.64. The van der Waals surface area contributed by atoms with Crippen LogP contribution < -0.4 is 16.0 Å². The molecule has 162 valence electrons. The van der Waals surface area contributed by atoms with Crippen molar-refractivity contribution in [2.45, 2.75) is 52.0 Å². The molecule has 0 aliphatic heterocycles. The van der Waals surface area contributed by atoms with Crippen LogP contribution in [0, 0.1) is 6.92 Å². The molecule has 5 nitrogen and oxygen atoms in total. The summed E-state index contributed by atoms with van der Waals surface area (Å²) >= 11 is 0. The highest BCUT2D eigenvalue weighted by Gasteiger charge is 2.28. The van der Waals surface area contributed by atoms with Crippen LogP contribution in [0.5, 0.6) is 0 Å². The van der Waals surface area contributed by atoms with Crippen LogP contribution in [0.4, 0.5) is 0 Å². The summed E-state index contributed by atoms with van der Waals surface area (Å²) in [5.74, 6) is -0.268. The molecule has 2 aromatic carbocycles. The van der Waals surface area contributed by atoms with E-state index in [2.05, 4.69) is 71.4 Å². The molecule has 0 fully saturated rings. The lowest BCUT2D eigenvalue weighted by Crippen LogP contribution is -2.55. The molecule has 0 aromatic heterocycles. The molecule has 0 saturated heterocycles. The molecule has 2 rings (SSSR count). The first-order valence-corrected chi connectivity index (χ1v) is 10.7. The minimum absolute atomic E-state index is 0.0973. The lowest BCUT2D eigenvalue weighted by Gasteiger charge is -2.25. The highest BCUT2D eigenvalue weighted by Crippen LogP contribution is 2.15. The molecule has 3 N–H and O–H groups in total. The third kappa shape index (κ3) is 7.64. The number of amides is 2. The molecule has 2 aromatic rings. The van der Waals surface area contributed by atoms with Gasteiger partial charge in [-0.3, -0.25) is 9.59 Å². The summed E-state index contributed by atoms with van der Waals surface area (Å²) < 4.78 is 0. The first kappa shape index (κ1) is 23.6. The molecular weight excluding hydrogens is 374 g/mol. The van der Waals surface area contributed by atoms with E-state index in [1.165, 1.54) is 22.3 Å². The van der Waals surface area contributed by atoms with Gasteiger partial charge >= 0.3 is 0 Å². The number of hydrogen-bond acceptors (Lipinski definition) is 3. The summed E-state index contributed by atoms with van der Waals surface area (Å²) in [6, 6.07) is 17.1. The van der Waals surface area contributed by atoms with E-state index in [0.717, 1.165) is 19.3 Å². The minimum atomic E-state index is -0.915. The SMILES string of the molecule is CNCCNC(=O)C(C)(C)NC(=O)CCCc1ccc(Cc2ccccc2C)cc1. The molecule has 2 amide bonds. The number of rotatable bonds is 11. The largest absolute Gasteiger partial charge is 0.353 e. The van der Waals surface area contributed by atoms with Crippen LogP contribution in [-0.2, 0) is 22.4 Å². The normalized spacial score (nSPS) is 11.2. The molecule has 0 heterocycles. The second kappa shape index (κ2) is 11.5. The third-order valence-electron chi connectivity index (χ3n) is 5.23. The zero-order chi connectivity index (χ0) is 22.0. The monoisotopic (exact) mass is 409 g/mol. The second-order valence-corrected chi connectivity index (χ2v) is 8.31. The maximum absolute atomic E-state index is 12.3. The van der Waals surface area contributed by atoms with Crippen molar-refractivity contribution in [2.75, 3.05) is 20.1 Å². The number of nitrogens with one attached hydrogen (secondary N) is 3. The quantitative estimate of drug-likeness (QED) is 0.500. The predicted octanol–water partition coefficient (Wildman–Crippen LogP) is 3.14. The molecule has 30 heavy (non-hydrogen) atoms. The highest BCUT2D eigenvalue weighted by molar-refractivity contribution is 5.90. The van der Waals surface area contributed by atoms with Crippen LogP contribution in [0.25, 0.3) is 0 Å². The Balaban J connectivity index is 1.76. The topological polar surface area (TPSA) is 70.2 Å². The number of aryl methyl sites for hydroxylation is 2. The van der Waals surface area contributed by atoms with Crippen molar-refractivity contribution in [3.05, 3.63) is 70.8 Å². The number of carbonyl (C=O) groups is 2. The summed E-state index contributed by atoms with van der Waals surface area (Å²) in [6.45, 7) is 6.83. The van der Waals surface area contributed by atoms with Crippen LogP contribution in [0.3, 0.4) is 0 Å². The van der Waals surface area contributed by atoms with Crippen molar-refractivity contribution in [2.24, 2.45) is 0 Å².